The molecule has 180 valence electrons. The third-order valence-electron chi connectivity index (χ3n) is 5.96. The average molecular weight is 479 g/mol. The molecule has 0 aromatic heterocycles. The van der Waals surface area contributed by atoms with Gasteiger partial charge in [-0.3, -0.25) is 0 Å². The molecule has 0 fully saturated rings. The normalized spacial score (nSPS) is 9.95. The monoisotopic (exact) mass is 478 g/mol. The maximum absolute atomic E-state index is 6.20. The molecule has 0 saturated heterocycles. The Morgan fingerprint density at radius 3 is 1.19 bits per heavy atom. The minimum atomic E-state index is 0.893. The zero-order valence-corrected chi connectivity index (χ0v) is 20.9. The molecule has 6 aromatic rings. The second kappa shape index (κ2) is 12.7. The number of benzene rings is 6. The van der Waals surface area contributed by atoms with E-state index in [0.29, 0.717) is 0 Å². The van der Waals surface area contributed by atoms with Crippen LogP contribution in [0.3, 0.4) is 0 Å². The van der Waals surface area contributed by atoms with Crippen molar-refractivity contribution in [2.45, 2.75) is 0 Å². The topological polar surface area (TPSA) is 9.23 Å². The number of hydrogen-bond donors (Lipinski definition) is 0. The van der Waals surface area contributed by atoms with Crippen molar-refractivity contribution in [2.24, 2.45) is 0 Å². The van der Waals surface area contributed by atoms with Crippen LogP contribution in [0.4, 0.5) is 0 Å². The molecule has 0 aliphatic heterocycles. The minimum absolute atomic E-state index is 0.893. The number of rotatable bonds is 4. The molecule has 0 N–H and O–H groups in total. The van der Waals surface area contributed by atoms with E-state index in [1.165, 1.54) is 21.9 Å². The summed E-state index contributed by atoms with van der Waals surface area (Å²) in [5.74, 6) is 1.79. The van der Waals surface area contributed by atoms with Crippen LogP contribution in [0.25, 0.3) is 27.1 Å². The summed E-state index contributed by atoms with van der Waals surface area (Å²) >= 11 is 0. The van der Waals surface area contributed by atoms with Crippen molar-refractivity contribution in [1.29, 1.82) is 0 Å². The lowest BCUT2D eigenvalue weighted by Gasteiger charge is -2.11. The average Bonchev–Trinajstić information content (AvgIpc) is 2.99. The van der Waals surface area contributed by atoms with Crippen LogP contribution in [0.5, 0.6) is 11.5 Å². The fourth-order valence-electron chi connectivity index (χ4n) is 4.13. The molecule has 6 aromatic carbocycles. The van der Waals surface area contributed by atoms with E-state index in [0.717, 1.165) is 27.8 Å². The Morgan fingerprint density at radius 1 is 0.405 bits per heavy atom. The Bertz CT molecular complexity index is 1450. The van der Waals surface area contributed by atoms with Crippen molar-refractivity contribution in [2.75, 3.05) is 0 Å². The highest BCUT2D eigenvalue weighted by molar-refractivity contribution is 5.91. The van der Waals surface area contributed by atoms with Crippen molar-refractivity contribution in [3.05, 3.63) is 176 Å². The number of ether oxygens (including phenoxy) is 1. The zero-order chi connectivity index (χ0) is 25.9. The van der Waals surface area contributed by atoms with Gasteiger partial charge in [0, 0.05) is 10.8 Å². The number of fused-ring (bicyclic) bond motifs is 2. The lowest BCUT2D eigenvalue weighted by molar-refractivity contribution is 0.494. The molecule has 0 saturated carbocycles. The maximum atomic E-state index is 6.20. The first kappa shape index (κ1) is 25.2. The van der Waals surface area contributed by atoms with E-state index in [4.69, 9.17) is 4.74 Å². The molecule has 37 heavy (non-hydrogen) atoms. The predicted molar refractivity (Wildman–Crippen MR) is 160 cm³/mol. The van der Waals surface area contributed by atoms with Gasteiger partial charge in [0.05, 0.1) is 0 Å². The first-order valence-corrected chi connectivity index (χ1v) is 12.2. The molecule has 6 rings (SSSR count). The van der Waals surface area contributed by atoms with Gasteiger partial charge >= 0.3 is 0 Å². The van der Waals surface area contributed by atoms with E-state index in [1.54, 1.807) is 0 Å². The smallest absolute Gasteiger partial charge is 0.135 e. The summed E-state index contributed by atoms with van der Waals surface area (Å²) in [7, 11) is 0. The standard InChI is InChI=1S/C20H14O.C14H12.C2H4/c1-3-11-17-15(7-1)9-5-13-19(17)21-20-14-6-10-16-8-2-4-12-18(16)20;1-12(13-8-4-2-5-9-13)14-10-6-3-7-11-14;1-2/h1-14H;2-11H,1H2;1-2H2. The summed E-state index contributed by atoms with van der Waals surface area (Å²) in [6.45, 7) is 10.1. The van der Waals surface area contributed by atoms with Crippen LogP contribution in [0.1, 0.15) is 11.1 Å². The Balaban J connectivity index is 0.000000174. The Hall–Kier alpha value is -4.88. The Labute approximate surface area is 219 Å². The van der Waals surface area contributed by atoms with Gasteiger partial charge in [0.1, 0.15) is 11.5 Å². The van der Waals surface area contributed by atoms with E-state index in [1.807, 2.05) is 84.9 Å². The summed E-state index contributed by atoms with van der Waals surface area (Å²) < 4.78 is 6.20. The van der Waals surface area contributed by atoms with Crippen molar-refractivity contribution in [3.8, 4) is 11.5 Å². The molecule has 0 aliphatic carbocycles. The van der Waals surface area contributed by atoms with E-state index in [9.17, 15) is 0 Å². The van der Waals surface area contributed by atoms with Gasteiger partial charge in [0.2, 0.25) is 0 Å². The van der Waals surface area contributed by atoms with Gasteiger partial charge in [-0.1, -0.05) is 140 Å². The highest BCUT2D eigenvalue weighted by Crippen LogP contribution is 2.33. The molecule has 0 bridgehead atoms. The second-order valence-corrected chi connectivity index (χ2v) is 8.27. The van der Waals surface area contributed by atoms with Gasteiger partial charge < -0.3 is 4.74 Å². The maximum Gasteiger partial charge on any atom is 0.135 e. The molecule has 0 atom stereocenters. The van der Waals surface area contributed by atoms with Crippen LogP contribution in [-0.4, -0.2) is 0 Å². The molecular weight excluding hydrogens is 448 g/mol. The molecular formula is C36H30O. The minimum Gasteiger partial charge on any atom is -0.456 e. The van der Waals surface area contributed by atoms with E-state index >= 15 is 0 Å². The molecule has 0 radical (unpaired) electrons. The highest BCUT2D eigenvalue weighted by Gasteiger charge is 2.06. The molecule has 0 heterocycles. The molecule has 0 unspecified atom stereocenters. The highest BCUT2D eigenvalue weighted by atomic mass is 16.5. The SMILES string of the molecule is C=C.C=C(c1ccccc1)c1ccccc1.c1ccc2c(Oc3cccc4ccccc34)cccc2c1. The van der Waals surface area contributed by atoms with Crippen LogP contribution in [0.15, 0.2) is 165 Å². The summed E-state index contributed by atoms with van der Waals surface area (Å²) in [6, 6.07) is 49.3. The van der Waals surface area contributed by atoms with E-state index in [-0.39, 0.29) is 0 Å². The quantitative estimate of drug-likeness (QED) is 0.229. The zero-order valence-electron chi connectivity index (χ0n) is 20.9. The summed E-state index contributed by atoms with van der Waals surface area (Å²) in [5.41, 5.74) is 3.43. The van der Waals surface area contributed by atoms with Gasteiger partial charge in [-0.25, -0.2) is 0 Å². The molecule has 1 heteroatoms. The Kier molecular flexibility index (Phi) is 8.67. The summed E-state index contributed by atoms with van der Waals surface area (Å²) in [4.78, 5) is 0. The molecule has 1 nitrogen and oxygen atoms in total. The predicted octanol–water partition coefficient (Wildman–Crippen LogP) is 10.3. The van der Waals surface area contributed by atoms with Gasteiger partial charge in [-0.05, 0) is 39.6 Å². The fourth-order valence-corrected chi connectivity index (χ4v) is 4.13. The van der Waals surface area contributed by atoms with Crippen molar-refractivity contribution < 1.29 is 4.74 Å². The van der Waals surface area contributed by atoms with Crippen molar-refractivity contribution in [3.63, 3.8) is 0 Å². The van der Waals surface area contributed by atoms with Crippen LogP contribution >= 0.6 is 0 Å². The fraction of sp³-hybridized carbons (Fsp3) is 0. The van der Waals surface area contributed by atoms with E-state index in [2.05, 4.69) is 80.4 Å². The lowest BCUT2D eigenvalue weighted by atomic mass is 10.0. The first-order chi connectivity index (χ1) is 18.3. The lowest BCUT2D eigenvalue weighted by Crippen LogP contribution is -1.87. The summed E-state index contributed by atoms with van der Waals surface area (Å²) in [5, 5.41) is 4.64. The second-order valence-electron chi connectivity index (χ2n) is 8.27. The van der Waals surface area contributed by atoms with Crippen LogP contribution in [0.2, 0.25) is 0 Å². The Morgan fingerprint density at radius 2 is 0.757 bits per heavy atom. The largest absolute Gasteiger partial charge is 0.456 e. The van der Waals surface area contributed by atoms with E-state index < -0.39 is 0 Å². The van der Waals surface area contributed by atoms with Gasteiger partial charge in [-0.15, -0.1) is 13.2 Å². The summed E-state index contributed by atoms with van der Waals surface area (Å²) in [6.07, 6.45) is 0. The molecule has 0 spiro atoms. The first-order valence-electron chi connectivity index (χ1n) is 12.2. The van der Waals surface area contributed by atoms with Gasteiger partial charge in [0.25, 0.3) is 0 Å². The van der Waals surface area contributed by atoms with Crippen molar-refractivity contribution >= 4 is 27.1 Å². The van der Waals surface area contributed by atoms with Crippen LogP contribution in [0, 0.1) is 0 Å². The van der Waals surface area contributed by atoms with Gasteiger partial charge in [0.15, 0.2) is 0 Å². The van der Waals surface area contributed by atoms with Crippen molar-refractivity contribution in [1.82, 2.24) is 0 Å². The van der Waals surface area contributed by atoms with Crippen LogP contribution < -0.4 is 4.74 Å². The molecule has 0 amide bonds. The number of hydrogen-bond acceptors (Lipinski definition) is 1. The molecule has 0 aliphatic rings. The third-order valence-corrected chi connectivity index (χ3v) is 5.96. The van der Waals surface area contributed by atoms with Gasteiger partial charge in [-0.2, -0.15) is 0 Å². The third kappa shape index (κ3) is 6.22. The van der Waals surface area contributed by atoms with Crippen LogP contribution in [-0.2, 0) is 0 Å².